The van der Waals surface area contributed by atoms with Gasteiger partial charge in [-0.25, -0.2) is 0 Å². The van der Waals surface area contributed by atoms with Gasteiger partial charge in [-0.05, 0) is 21.9 Å². The van der Waals surface area contributed by atoms with E-state index in [1.807, 2.05) is 60.7 Å². The van der Waals surface area contributed by atoms with Crippen LogP contribution in [0, 0.1) is 0 Å². The van der Waals surface area contributed by atoms with Crippen LogP contribution in [-0.4, -0.2) is 16.8 Å². The predicted molar refractivity (Wildman–Crippen MR) is 85.1 cm³/mol. The second-order valence-corrected chi connectivity index (χ2v) is 5.37. The predicted octanol–water partition coefficient (Wildman–Crippen LogP) is 3.26. The number of fused-ring (bicyclic) bond motifs is 1. The fourth-order valence-electron chi connectivity index (χ4n) is 2.76. The van der Waals surface area contributed by atoms with Gasteiger partial charge in [-0.1, -0.05) is 72.8 Å². The van der Waals surface area contributed by atoms with Crippen molar-refractivity contribution in [2.75, 3.05) is 6.61 Å². The summed E-state index contributed by atoms with van der Waals surface area (Å²) in [5.41, 5.74) is 0.514. The van der Waals surface area contributed by atoms with Gasteiger partial charge in [0.25, 0.3) is 0 Å². The molecule has 0 bridgehead atoms. The molecule has 0 fully saturated rings. The van der Waals surface area contributed by atoms with Crippen molar-refractivity contribution in [1.82, 2.24) is 0 Å². The third-order valence-electron chi connectivity index (χ3n) is 3.94. The van der Waals surface area contributed by atoms with E-state index in [0.29, 0.717) is 6.42 Å². The zero-order chi connectivity index (χ0) is 14.7. The molecule has 0 amide bonds. The van der Waals surface area contributed by atoms with Crippen LogP contribution in [0.5, 0.6) is 0 Å². The lowest BCUT2D eigenvalue weighted by molar-refractivity contribution is -0.0185. The molecule has 0 heterocycles. The topological polar surface area (TPSA) is 40.5 Å². The Morgan fingerprint density at radius 3 is 2.19 bits per heavy atom. The third-order valence-corrected chi connectivity index (χ3v) is 3.94. The van der Waals surface area contributed by atoms with E-state index in [9.17, 15) is 10.2 Å². The van der Waals surface area contributed by atoms with Crippen LogP contribution in [0.2, 0.25) is 0 Å². The van der Waals surface area contributed by atoms with E-state index >= 15 is 0 Å². The molecule has 0 spiro atoms. The van der Waals surface area contributed by atoms with E-state index in [-0.39, 0.29) is 6.61 Å². The SMILES string of the molecule is OC[C@](O)(Cc1cccc2ccccc12)c1ccccc1. The van der Waals surface area contributed by atoms with Gasteiger partial charge < -0.3 is 10.2 Å². The van der Waals surface area contributed by atoms with E-state index in [4.69, 9.17) is 0 Å². The van der Waals surface area contributed by atoms with Crippen molar-refractivity contribution in [1.29, 1.82) is 0 Å². The van der Waals surface area contributed by atoms with Crippen LogP contribution >= 0.6 is 0 Å². The second kappa shape index (κ2) is 5.68. The lowest BCUT2D eigenvalue weighted by Crippen LogP contribution is -2.32. The van der Waals surface area contributed by atoms with Crippen LogP contribution in [0.15, 0.2) is 72.8 Å². The summed E-state index contributed by atoms with van der Waals surface area (Å²) in [6, 6.07) is 23.5. The van der Waals surface area contributed by atoms with Crippen LogP contribution in [-0.2, 0) is 12.0 Å². The number of hydrogen-bond acceptors (Lipinski definition) is 2. The molecule has 3 rings (SSSR count). The summed E-state index contributed by atoms with van der Waals surface area (Å²) in [5.74, 6) is 0. The van der Waals surface area contributed by atoms with Gasteiger partial charge in [0, 0.05) is 6.42 Å². The summed E-state index contributed by atoms with van der Waals surface area (Å²) in [6.07, 6.45) is 0.384. The largest absolute Gasteiger partial charge is 0.393 e. The first-order chi connectivity index (χ1) is 10.2. The minimum atomic E-state index is -1.26. The number of benzene rings is 3. The molecule has 2 heteroatoms. The van der Waals surface area contributed by atoms with Crippen LogP contribution in [0.4, 0.5) is 0 Å². The van der Waals surface area contributed by atoms with Gasteiger partial charge in [0.05, 0.1) is 6.61 Å². The average Bonchev–Trinajstić information content (AvgIpc) is 2.56. The summed E-state index contributed by atoms with van der Waals surface area (Å²) >= 11 is 0. The van der Waals surface area contributed by atoms with Gasteiger partial charge in [0.15, 0.2) is 0 Å². The Morgan fingerprint density at radius 1 is 0.762 bits per heavy atom. The van der Waals surface area contributed by atoms with Crippen LogP contribution < -0.4 is 0 Å². The molecule has 0 aliphatic carbocycles. The van der Waals surface area contributed by atoms with Gasteiger partial charge >= 0.3 is 0 Å². The molecule has 0 aliphatic rings. The molecule has 0 radical (unpaired) electrons. The molecule has 1 atom stereocenters. The van der Waals surface area contributed by atoms with Crippen molar-refractivity contribution in [3.8, 4) is 0 Å². The molecular weight excluding hydrogens is 260 g/mol. The Balaban J connectivity index is 2.04. The normalized spacial score (nSPS) is 14.0. The van der Waals surface area contributed by atoms with E-state index in [2.05, 4.69) is 12.1 Å². The molecule has 106 valence electrons. The fourth-order valence-corrected chi connectivity index (χ4v) is 2.76. The maximum atomic E-state index is 10.9. The van der Waals surface area contributed by atoms with Crippen molar-refractivity contribution >= 4 is 10.8 Å². The van der Waals surface area contributed by atoms with Crippen molar-refractivity contribution in [2.45, 2.75) is 12.0 Å². The van der Waals surface area contributed by atoms with Crippen molar-refractivity contribution in [3.05, 3.63) is 83.9 Å². The maximum absolute atomic E-state index is 10.9. The molecule has 0 saturated carbocycles. The average molecular weight is 278 g/mol. The van der Waals surface area contributed by atoms with Gasteiger partial charge in [-0.3, -0.25) is 0 Å². The van der Waals surface area contributed by atoms with Crippen LogP contribution in [0.1, 0.15) is 11.1 Å². The summed E-state index contributed by atoms with van der Waals surface area (Å²) in [7, 11) is 0. The van der Waals surface area contributed by atoms with E-state index in [1.165, 1.54) is 0 Å². The Morgan fingerprint density at radius 2 is 1.43 bits per heavy atom. The molecule has 21 heavy (non-hydrogen) atoms. The Kier molecular flexibility index (Phi) is 3.74. The Bertz CT molecular complexity index is 731. The number of rotatable bonds is 4. The fraction of sp³-hybridized carbons (Fsp3) is 0.158. The Hall–Kier alpha value is -2.16. The zero-order valence-electron chi connectivity index (χ0n) is 11.7. The van der Waals surface area contributed by atoms with E-state index in [0.717, 1.165) is 21.9 Å². The molecule has 2 nitrogen and oxygen atoms in total. The minimum Gasteiger partial charge on any atom is -0.393 e. The van der Waals surface area contributed by atoms with Gasteiger partial charge in [-0.2, -0.15) is 0 Å². The lowest BCUT2D eigenvalue weighted by Gasteiger charge is -2.27. The highest BCUT2D eigenvalue weighted by atomic mass is 16.3. The number of hydrogen-bond donors (Lipinski definition) is 2. The molecule has 2 N–H and O–H groups in total. The van der Waals surface area contributed by atoms with Gasteiger partial charge in [0.1, 0.15) is 5.60 Å². The van der Waals surface area contributed by atoms with Gasteiger partial charge in [0.2, 0.25) is 0 Å². The minimum absolute atomic E-state index is 0.305. The van der Waals surface area contributed by atoms with Gasteiger partial charge in [-0.15, -0.1) is 0 Å². The van der Waals surface area contributed by atoms with Crippen LogP contribution in [0.3, 0.4) is 0 Å². The summed E-state index contributed by atoms with van der Waals surface area (Å²) in [5, 5.41) is 22.8. The number of aliphatic hydroxyl groups excluding tert-OH is 1. The smallest absolute Gasteiger partial charge is 0.117 e. The highest BCUT2D eigenvalue weighted by Crippen LogP contribution is 2.29. The third kappa shape index (κ3) is 2.68. The Labute approximate surface area is 124 Å². The van der Waals surface area contributed by atoms with E-state index in [1.54, 1.807) is 0 Å². The second-order valence-electron chi connectivity index (χ2n) is 5.37. The standard InChI is InChI=1S/C19H18O2/c20-14-19(21,17-10-2-1-3-11-17)13-16-9-6-8-15-7-4-5-12-18(15)16/h1-12,20-21H,13-14H2/t19-/m1/s1. The monoisotopic (exact) mass is 278 g/mol. The summed E-state index contributed by atoms with van der Waals surface area (Å²) in [4.78, 5) is 0. The first kappa shape index (κ1) is 13.8. The molecule has 0 saturated heterocycles. The first-order valence-electron chi connectivity index (χ1n) is 7.08. The molecule has 0 aromatic heterocycles. The molecule has 3 aromatic carbocycles. The molecule has 0 unspecified atom stereocenters. The zero-order valence-corrected chi connectivity index (χ0v) is 11.7. The quantitative estimate of drug-likeness (QED) is 0.769. The van der Waals surface area contributed by atoms with E-state index < -0.39 is 5.60 Å². The van der Waals surface area contributed by atoms with Crippen molar-refractivity contribution in [2.24, 2.45) is 0 Å². The highest BCUT2D eigenvalue weighted by molar-refractivity contribution is 5.85. The molecular formula is C19H18O2. The highest BCUT2D eigenvalue weighted by Gasteiger charge is 2.29. The van der Waals surface area contributed by atoms with Crippen LogP contribution in [0.25, 0.3) is 10.8 Å². The maximum Gasteiger partial charge on any atom is 0.117 e. The van der Waals surface area contributed by atoms with Crippen molar-refractivity contribution in [3.63, 3.8) is 0 Å². The lowest BCUT2D eigenvalue weighted by atomic mass is 9.86. The number of aliphatic hydroxyl groups is 2. The molecule has 0 aliphatic heterocycles. The summed E-state index contributed by atoms with van der Waals surface area (Å²) in [6.45, 7) is -0.305. The van der Waals surface area contributed by atoms with Crippen molar-refractivity contribution < 1.29 is 10.2 Å². The first-order valence-corrected chi connectivity index (χ1v) is 7.08. The molecule has 3 aromatic rings. The summed E-state index contributed by atoms with van der Waals surface area (Å²) < 4.78 is 0.